The van der Waals surface area contributed by atoms with Gasteiger partial charge in [-0.3, -0.25) is 0 Å². The van der Waals surface area contributed by atoms with Gasteiger partial charge in [0.25, 0.3) is 0 Å². The van der Waals surface area contributed by atoms with Gasteiger partial charge in [0.05, 0.1) is 6.26 Å². The quantitative estimate of drug-likeness (QED) is 0.174. The molecule has 1 aliphatic rings. The first-order valence-corrected chi connectivity index (χ1v) is 16.6. The predicted molar refractivity (Wildman–Crippen MR) is 154 cm³/mol. The Hall–Kier alpha value is -1.41. The van der Waals surface area contributed by atoms with Gasteiger partial charge in [0.15, 0.2) is 0 Å². The largest absolute Gasteiger partial charge is 0.372 e. The average Bonchev–Trinajstić information content (AvgIpc) is 3.32. The van der Waals surface area contributed by atoms with Crippen LogP contribution < -0.4 is 4.90 Å². The molecule has 0 spiro atoms. The van der Waals surface area contributed by atoms with Gasteiger partial charge in [0.2, 0.25) is 0 Å². The SMILES string of the molecule is CCCCCCN(CCCCCC)c1ccc(-c2ccc(C3CC[N+](C)(OS(C)(=O)=O)CC3)s2)cc1. The van der Waals surface area contributed by atoms with Crippen molar-refractivity contribution < 1.29 is 17.3 Å². The van der Waals surface area contributed by atoms with Gasteiger partial charge < -0.3 is 4.90 Å². The molecule has 7 heteroatoms. The minimum atomic E-state index is -3.45. The van der Waals surface area contributed by atoms with Crippen LogP contribution in [-0.2, 0) is 14.4 Å². The van der Waals surface area contributed by atoms with E-state index in [9.17, 15) is 8.42 Å². The number of anilines is 1. The molecule has 0 aliphatic carbocycles. The van der Waals surface area contributed by atoms with Crippen molar-refractivity contribution in [3.8, 4) is 10.4 Å². The number of nitrogens with zero attached hydrogens (tertiary/aromatic N) is 2. The number of hydrogen-bond acceptors (Lipinski definition) is 5. The Labute approximate surface area is 224 Å². The van der Waals surface area contributed by atoms with Crippen molar-refractivity contribution in [1.82, 2.24) is 0 Å². The van der Waals surface area contributed by atoms with Gasteiger partial charge in [0, 0.05) is 47.3 Å². The maximum Gasteiger partial charge on any atom is 0.311 e. The normalized spacial score (nSPS) is 20.5. The molecule has 3 rings (SSSR count). The minimum absolute atomic E-state index is 0.155. The van der Waals surface area contributed by atoms with Gasteiger partial charge >= 0.3 is 10.1 Å². The Morgan fingerprint density at radius 1 is 0.889 bits per heavy atom. The third-order valence-corrected chi connectivity index (χ3v) is 9.25. The Morgan fingerprint density at radius 3 is 2.00 bits per heavy atom. The monoisotopic (exact) mass is 535 g/mol. The molecular formula is C29H47N2O3S2+. The van der Waals surface area contributed by atoms with Crippen LogP contribution in [-0.4, -0.2) is 52.5 Å². The molecule has 0 amide bonds. The lowest BCUT2D eigenvalue weighted by Gasteiger charge is -2.35. The summed E-state index contributed by atoms with van der Waals surface area (Å²) in [5, 5.41) is 0. The van der Waals surface area contributed by atoms with Crippen LogP contribution in [0.15, 0.2) is 36.4 Å². The molecular weight excluding hydrogens is 488 g/mol. The lowest BCUT2D eigenvalue weighted by Crippen LogP contribution is -2.50. The fourth-order valence-electron chi connectivity index (χ4n) is 5.19. The van der Waals surface area contributed by atoms with E-state index in [0.29, 0.717) is 19.0 Å². The van der Waals surface area contributed by atoms with Crippen molar-refractivity contribution in [2.75, 3.05) is 44.4 Å². The van der Waals surface area contributed by atoms with E-state index in [1.54, 1.807) is 0 Å². The second kappa shape index (κ2) is 13.9. The molecule has 2 aromatic rings. The summed E-state index contributed by atoms with van der Waals surface area (Å²) >= 11 is 1.88. The summed E-state index contributed by atoms with van der Waals surface area (Å²) in [6.07, 6.45) is 13.4. The Morgan fingerprint density at radius 2 is 1.47 bits per heavy atom. The van der Waals surface area contributed by atoms with Crippen LogP contribution in [0.2, 0.25) is 0 Å². The van der Waals surface area contributed by atoms with Crippen LogP contribution in [0.4, 0.5) is 5.69 Å². The molecule has 0 unspecified atom stereocenters. The molecule has 0 N–H and O–H groups in total. The van der Waals surface area contributed by atoms with Crippen molar-refractivity contribution in [3.63, 3.8) is 0 Å². The molecule has 5 nitrogen and oxygen atoms in total. The molecule has 0 radical (unpaired) electrons. The molecule has 1 saturated heterocycles. The van der Waals surface area contributed by atoms with Gasteiger partial charge in [-0.25, -0.2) is 0 Å². The molecule has 0 saturated carbocycles. The number of quaternary nitrogens is 1. The number of thiophene rings is 1. The number of benzene rings is 1. The summed E-state index contributed by atoms with van der Waals surface area (Å²) in [7, 11) is -1.58. The molecule has 1 aromatic carbocycles. The molecule has 0 atom stereocenters. The number of likely N-dealkylation sites (tertiary alicyclic amines) is 1. The third kappa shape index (κ3) is 9.16. The molecule has 1 aromatic heterocycles. The summed E-state index contributed by atoms with van der Waals surface area (Å²) in [5.74, 6) is 0.471. The van der Waals surface area contributed by atoms with E-state index in [1.807, 2.05) is 18.4 Å². The predicted octanol–water partition coefficient (Wildman–Crippen LogP) is 7.60. The maximum atomic E-state index is 11.6. The van der Waals surface area contributed by atoms with Gasteiger partial charge in [-0.1, -0.05) is 68.8 Å². The van der Waals surface area contributed by atoms with E-state index < -0.39 is 10.1 Å². The van der Waals surface area contributed by atoms with E-state index >= 15 is 0 Å². The van der Waals surface area contributed by atoms with Crippen LogP contribution >= 0.6 is 11.3 Å². The van der Waals surface area contributed by atoms with Gasteiger partial charge in [-0.15, -0.1) is 11.3 Å². The molecule has 2 heterocycles. The van der Waals surface area contributed by atoms with E-state index in [4.69, 9.17) is 4.28 Å². The zero-order valence-corrected chi connectivity index (χ0v) is 24.5. The Balaban J connectivity index is 1.61. The summed E-state index contributed by atoms with van der Waals surface area (Å²) in [6, 6.07) is 13.7. The summed E-state index contributed by atoms with van der Waals surface area (Å²) in [5.41, 5.74) is 2.63. The van der Waals surface area contributed by atoms with E-state index in [-0.39, 0.29) is 4.65 Å². The van der Waals surface area contributed by atoms with Crippen LogP contribution in [0.5, 0.6) is 0 Å². The summed E-state index contributed by atoms with van der Waals surface area (Å²) in [4.78, 5) is 5.29. The number of hydrogen-bond donors (Lipinski definition) is 0. The Kier molecular flexibility index (Phi) is 11.3. The first-order valence-electron chi connectivity index (χ1n) is 13.9. The average molecular weight is 536 g/mol. The van der Waals surface area contributed by atoms with Crippen molar-refractivity contribution in [3.05, 3.63) is 41.3 Å². The number of piperidine rings is 1. The summed E-state index contributed by atoms with van der Waals surface area (Å²) in [6.45, 7) is 8.27. The van der Waals surface area contributed by atoms with Crippen molar-refractivity contribution in [2.45, 2.75) is 84.0 Å². The van der Waals surface area contributed by atoms with Gasteiger partial charge in [0.1, 0.15) is 20.1 Å². The van der Waals surface area contributed by atoms with Gasteiger partial charge in [-0.05, 0) is 42.7 Å². The molecule has 1 fully saturated rings. The second-order valence-electron chi connectivity index (χ2n) is 10.7. The van der Waals surface area contributed by atoms with Crippen molar-refractivity contribution in [2.24, 2.45) is 0 Å². The molecule has 202 valence electrons. The zero-order chi connectivity index (χ0) is 26.0. The lowest BCUT2D eigenvalue weighted by molar-refractivity contribution is -1.07. The standard InChI is InChI=1S/C29H47N2O3S2/c1-5-7-9-11-21-30(22-12-10-8-6-2)27-15-13-25(14-16-27)28-17-18-29(35-28)26-19-23-31(3,24-20-26)34-36(4,32)33/h13-18,26H,5-12,19-24H2,1-4H3/q+1. The lowest BCUT2D eigenvalue weighted by atomic mass is 9.95. The molecule has 0 bridgehead atoms. The maximum absolute atomic E-state index is 11.6. The fourth-order valence-corrected chi connectivity index (χ4v) is 7.18. The first kappa shape index (κ1) is 29.2. The second-order valence-corrected chi connectivity index (χ2v) is 13.3. The highest BCUT2D eigenvalue weighted by Crippen LogP contribution is 2.38. The fraction of sp³-hybridized carbons (Fsp3) is 0.655. The van der Waals surface area contributed by atoms with E-state index in [2.05, 4.69) is 55.1 Å². The third-order valence-electron chi connectivity index (χ3n) is 7.33. The zero-order valence-electron chi connectivity index (χ0n) is 22.9. The van der Waals surface area contributed by atoms with Crippen molar-refractivity contribution in [1.29, 1.82) is 0 Å². The van der Waals surface area contributed by atoms with Crippen molar-refractivity contribution >= 4 is 27.1 Å². The van der Waals surface area contributed by atoms with Crippen LogP contribution in [0.3, 0.4) is 0 Å². The molecule has 1 aliphatic heterocycles. The van der Waals surface area contributed by atoms with Gasteiger partial charge in [-0.2, -0.15) is 13.1 Å². The van der Waals surface area contributed by atoms with E-state index in [0.717, 1.165) is 32.2 Å². The highest BCUT2D eigenvalue weighted by molar-refractivity contribution is 7.85. The number of rotatable bonds is 15. The van der Waals surface area contributed by atoms with Crippen LogP contribution in [0.1, 0.15) is 88.9 Å². The topological polar surface area (TPSA) is 46.6 Å². The van der Waals surface area contributed by atoms with E-state index in [1.165, 1.54) is 72.4 Å². The summed E-state index contributed by atoms with van der Waals surface area (Å²) < 4.78 is 28.7. The number of hydroxylamine groups is 3. The number of unbranched alkanes of at least 4 members (excludes halogenated alkanes) is 6. The minimum Gasteiger partial charge on any atom is -0.372 e. The van der Waals surface area contributed by atoms with Crippen LogP contribution in [0.25, 0.3) is 10.4 Å². The molecule has 36 heavy (non-hydrogen) atoms. The highest BCUT2D eigenvalue weighted by atomic mass is 32.2. The Bertz CT molecular complexity index is 997. The van der Waals surface area contributed by atoms with Crippen LogP contribution in [0, 0.1) is 0 Å². The highest BCUT2D eigenvalue weighted by Gasteiger charge is 2.36. The first-order chi connectivity index (χ1) is 17.2. The smallest absolute Gasteiger partial charge is 0.311 e.